The molecule has 0 aliphatic carbocycles. The maximum absolute atomic E-state index is 11.0. The van der Waals surface area contributed by atoms with E-state index in [4.69, 9.17) is 5.73 Å². The van der Waals surface area contributed by atoms with E-state index in [1.54, 1.807) is 0 Å². The summed E-state index contributed by atoms with van der Waals surface area (Å²) >= 11 is 0. The lowest BCUT2D eigenvalue weighted by Crippen LogP contribution is -2.50. The third-order valence-corrected chi connectivity index (χ3v) is 1.77. The number of carbonyl (C=O) groups excluding carboxylic acids is 1. The summed E-state index contributed by atoms with van der Waals surface area (Å²) in [5, 5.41) is 2.46. The number of aliphatic imine (C=N–C) groups is 1. The molecular formula is C7H13N3O. The van der Waals surface area contributed by atoms with Crippen LogP contribution in [0.15, 0.2) is 4.99 Å². The van der Waals surface area contributed by atoms with Gasteiger partial charge >= 0.3 is 0 Å². The van der Waals surface area contributed by atoms with Crippen molar-refractivity contribution in [3.63, 3.8) is 0 Å². The summed E-state index contributed by atoms with van der Waals surface area (Å²) in [6.45, 7) is 2.05. The van der Waals surface area contributed by atoms with Gasteiger partial charge in [0.05, 0.1) is 12.4 Å². The van der Waals surface area contributed by atoms with Crippen molar-refractivity contribution >= 4 is 12.2 Å². The van der Waals surface area contributed by atoms with Crippen LogP contribution in [0.1, 0.15) is 19.8 Å². The summed E-state index contributed by atoms with van der Waals surface area (Å²) < 4.78 is 0. The molecule has 0 bridgehead atoms. The molecule has 2 atom stereocenters. The fourth-order valence-corrected chi connectivity index (χ4v) is 1.11. The van der Waals surface area contributed by atoms with E-state index < -0.39 is 6.04 Å². The highest BCUT2D eigenvalue weighted by Crippen LogP contribution is 2.07. The molecule has 0 radical (unpaired) electrons. The summed E-state index contributed by atoms with van der Waals surface area (Å²) in [6.07, 6.45) is 3.32. The Bertz CT molecular complexity index is 179. The van der Waals surface area contributed by atoms with E-state index >= 15 is 0 Å². The minimum Gasteiger partial charge on any atom is -0.318 e. The Morgan fingerprint density at radius 2 is 2.55 bits per heavy atom. The van der Waals surface area contributed by atoms with Gasteiger partial charge in [-0.25, -0.2) is 0 Å². The number of nitrogens with zero attached hydrogens (tertiary/aromatic N) is 1. The number of nitrogens with one attached hydrogen (secondary N) is 1. The molecule has 0 aromatic carbocycles. The second-order valence-corrected chi connectivity index (χ2v) is 2.67. The Morgan fingerprint density at radius 1 is 1.82 bits per heavy atom. The minimum absolute atomic E-state index is 0.0197. The highest BCUT2D eigenvalue weighted by atomic mass is 16.2. The predicted molar refractivity (Wildman–Crippen MR) is 43.3 cm³/mol. The SMILES string of the molecule is CCCC1N=CNC(=O)C1N. The topological polar surface area (TPSA) is 67.5 Å². The lowest BCUT2D eigenvalue weighted by molar-refractivity contribution is -0.121. The second-order valence-electron chi connectivity index (χ2n) is 2.67. The zero-order valence-electron chi connectivity index (χ0n) is 6.58. The van der Waals surface area contributed by atoms with Crippen molar-refractivity contribution < 1.29 is 4.79 Å². The molecule has 0 aromatic heterocycles. The van der Waals surface area contributed by atoms with Gasteiger partial charge in [0.25, 0.3) is 0 Å². The molecule has 0 saturated carbocycles. The van der Waals surface area contributed by atoms with Gasteiger partial charge in [-0.3, -0.25) is 9.79 Å². The van der Waals surface area contributed by atoms with E-state index in [0.29, 0.717) is 0 Å². The van der Waals surface area contributed by atoms with Crippen LogP contribution < -0.4 is 11.1 Å². The van der Waals surface area contributed by atoms with Gasteiger partial charge in [-0.2, -0.15) is 0 Å². The van der Waals surface area contributed by atoms with Crippen molar-refractivity contribution in [2.75, 3.05) is 0 Å². The summed E-state index contributed by atoms with van der Waals surface area (Å²) in [7, 11) is 0. The van der Waals surface area contributed by atoms with E-state index in [-0.39, 0.29) is 11.9 Å². The van der Waals surface area contributed by atoms with Gasteiger partial charge in [-0.05, 0) is 6.42 Å². The second kappa shape index (κ2) is 3.48. The normalized spacial score (nSPS) is 30.2. The van der Waals surface area contributed by atoms with E-state index in [2.05, 4.69) is 17.2 Å². The quantitative estimate of drug-likeness (QED) is 0.572. The number of hydrogen-bond donors (Lipinski definition) is 2. The summed E-state index contributed by atoms with van der Waals surface area (Å²) in [5.41, 5.74) is 5.58. The van der Waals surface area contributed by atoms with Crippen LogP contribution in [0, 0.1) is 0 Å². The van der Waals surface area contributed by atoms with Crippen molar-refractivity contribution in [2.45, 2.75) is 31.8 Å². The molecule has 0 saturated heterocycles. The van der Waals surface area contributed by atoms with Crippen molar-refractivity contribution in [3.8, 4) is 0 Å². The van der Waals surface area contributed by atoms with E-state index in [9.17, 15) is 4.79 Å². The number of rotatable bonds is 2. The third-order valence-electron chi connectivity index (χ3n) is 1.77. The zero-order valence-corrected chi connectivity index (χ0v) is 6.58. The van der Waals surface area contributed by atoms with Gasteiger partial charge in [-0.1, -0.05) is 13.3 Å². The van der Waals surface area contributed by atoms with Gasteiger partial charge in [-0.15, -0.1) is 0 Å². The zero-order chi connectivity index (χ0) is 8.27. The average Bonchev–Trinajstić information content (AvgIpc) is 1.99. The molecule has 4 heteroatoms. The average molecular weight is 155 g/mol. The minimum atomic E-state index is -0.458. The van der Waals surface area contributed by atoms with Crippen LogP contribution in [0.5, 0.6) is 0 Å². The van der Waals surface area contributed by atoms with Crippen LogP contribution in [0.2, 0.25) is 0 Å². The predicted octanol–water partition coefficient (Wildman–Crippen LogP) is -0.359. The molecular weight excluding hydrogens is 142 g/mol. The monoisotopic (exact) mass is 155 g/mol. The lowest BCUT2D eigenvalue weighted by Gasteiger charge is -2.21. The molecule has 1 aliphatic rings. The van der Waals surface area contributed by atoms with Gasteiger partial charge in [0.1, 0.15) is 6.04 Å². The Hall–Kier alpha value is -0.900. The van der Waals surface area contributed by atoms with Gasteiger partial charge in [0.15, 0.2) is 0 Å². The van der Waals surface area contributed by atoms with Crippen LogP contribution in [0.4, 0.5) is 0 Å². The Labute approximate surface area is 65.9 Å². The number of amides is 1. The first-order valence-electron chi connectivity index (χ1n) is 3.83. The van der Waals surface area contributed by atoms with Crippen LogP contribution in [-0.4, -0.2) is 24.3 Å². The molecule has 1 amide bonds. The van der Waals surface area contributed by atoms with Gasteiger partial charge < -0.3 is 11.1 Å². The molecule has 3 N–H and O–H groups in total. The summed E-state index contributed by atoms with van der Waals surface area (Å²) in [6, 6.07) is -0.478. The van der Waals surface area contributed by atoms with E-state index in [0.717, 1.165) is 12.8 Å². The number of carbonyl (C=O) groups is 1. The third kappa shape index (κ3) is 1.77. The van der Waals surface area contributed by atoms with E-state index in [1.807, 2.05) is 0 Å². The first-order chi connectivity index (χ1) is 5.25. The van der Waals surface area contributed by atoms with Crippen molar-refractivity contribution in [2.24, 2.45) is 10.7 Å². The van der Waals surface area contributed by atoms with Gasteiger partial charge in [0, 0.05) is 0 Å². The first-order valence-corrected chi connectivity index (χ1v) is 3.83. The lowest BCUT2D eigenvalue weighted by atomic mass is 10.0. The highest BCUT2D eigenvalue weighted by molar-refractivity contribution is 5.93. The fraction of sp³-hybridized carbons (Fsp3) is 0.714. The molecule has 11 heavy (non-hydrogen) atoms. The van der Waals surface area contributed by atoms with Crippen molar-refractivity contribution in [3.05, 3.63) is 0 Å². The molecule has 1 heterocycles. The van der Waals surface area contributed by atoms with Gasteiger partial charge in [0.2, 0.25) is 5.91 Å². The van der Waals surface area contributed by atoms with Crippen molar-refractivity contribution in [1.82, 2.24) is 5.32 Å². The largest absolute Gasteiger partial charge is 0.318 e. The molecule has 1 rings (SSSR count). The molecule has 4 nitrogen and oxygen atoms in total. The molecule has 0 aromatic rings. The molecule has 62 valence electrons. The van der Waals surface area contributed by atoms with Crippen LogP contribution in [0.3, 0.4) is 0 Å². The standard InChI is InChI=1S/C7H13N3O/c1-2-3-5-6(8)7(11)10-4-9-5/h4-6H,2-3,8H2,1H3,(H,9,10,11). The Kier molecular flexibility index (Phi) is 2.59. The van der Waals surface area contributed by atoms with E-state index in [1.165, 1.54) is 6.34 Å². The molecule has 2 unspecified atom stereocenters. The summed E-state index contributed by atoms with van der Waals surface area (Å²) in [4.78, 5) is 15.0. The van der Waals surface area contributed by atoms with Crippen LogP contribution in [-0.2, 0) is 4.79 Å². The Morgan fingerprint density at radius 3 is 3.18 bits per heavy atom. The smallest absolute Gasteiger partial charge is 0.244 e. The molecule has 1 aliphatic heterocycles. The first kappa shape index (κ1) is 8.20. The highest BCUT2D eigenvalue weighted by Gasteiger charge is 2.25. The van der Waals surface area contributed by atoms with Crippen LogP contribution in [0.25, 0.3) is 0 Å². The number of hydrogen-bond acceptors (Lipinski definition) is 3. The van der Waals surface area contributed by atoms with Crippen molar-refractivity contribution in [1.29, 1.82) is 0 Å². The molecule has 0 spiro atoms. The molecule has 0 fully saturated rings. The maximum atomic E-state index is 11.0. The number of nitrogens with two attached hydrogens (primary N) is 1. The fourth-order valence-electron chi connectivity index (χ4n) is 1.11. The maximum Gasteiger partial charge on any atom is 0.244 e. The van der Waals surface area contributed by atoms with Crippen LogP contribution >= 0.6 is 0 Å². The Balaban J connectivity index is 2.57. The summed E-state index contributed by atoms with van der Waals surface area (Å²) in [5.74, 6) is -0.126.